The van der Waals surface area contributed by atoms with Crippen LogP contribution in [-0.4, -0.2) is 63.9 Å². The van der Waals surface area contributed by atoms with Gasteiger partial charge < -0.3 is 14.2 Å². The van der Waals surface area contributed by atoms with Crippen LogP contribution in [0, 0.1) is 10.1 Å². The highest BCUT2D eigenvalue weighted by Gasteiger charge is 2.30. The van der Waals surface area contributed by atoms with Gasteiger partial charge in [0.2, 0.25) is 10.0 Å². The van der Waals surface area contributed by atoms with Crippen LogP contribution in [0.15, 0.2) is 46.4 Å². The van der Waals surface area contributed by atoms with Gasteiger partial charge in [-0.3, -0.25) is 15.5 Å². The maximum atomic E-state index is 13.2. The highest BCUT2D eigenvalue weighted by molar-refractivity contribution is 7.89. The largest absolute Gasteiger partial charge is 0.493 e. The third-order valence-electron chi connectivity index (χ3n) is 4.91. The van der Waals surface area contributed by atoms with Gasteiger partial charge in [0.15, 0.2) is 11.5 Å². The van der Waals surface area contributed by atoms with Crippen LogP contribution in [0.5, 0.6) is 11.5 Å². The van der Waals surface area contributed by atoms with E-state index in [1.54, 1.807) is 25.1 Å². The van der Waals surface area contributed by atoms with E-state index in [0.717, 1.165) is 11.6 Å². The fourth-order valence-corrected chi connectivity index (χ4v) is 4.70. The number of nitrogens with zero attached hydrogens (tertiary/aromatic N) is 3. The van der Waals surface area contributed by atoms with Gasteiger partial charge in [-0.15, -0.1) is 0 Å². The van der Waals surface area contributed by atoms with Crippen LogP contribution in [0.3, 0.4) is 0 Å². The molecule has 1 aliphatic heterocycles. The number of hydrazone groups is 1. The van der Waals surface area contributed by atoms with Crippen molar-refractivity contribution in [3.05, 3.63) is 52.1 Å². The second kappa shape index (κ2) is 9.94. The molecule has 0 amide bonds. The van der Waals surface area contributed by atoms with Crippen LogP contribution >= 0.6 is 0 Å². The second-order valence-corrected chi connectivity index (χ2v) is 8.74. The van der Waals surface area contributed by atoms with Crippen LogP contribution in [0.25, 0.3) is 0 Å². The summed E-state index contributed by atoms with van der Waals surface area (Å²) in [6.45, 7) is 2.58. The topological polar surface area (TPSA) is 133 Å². The first-order valence-electron chi connectivity index (χ1n) is 9.67. The zero-order valence-corrected chi connectivity index (χ0v) is 18.7. The molecular formula is C20H24N4O7S. The summed E-state index contributed by atoms with van der Waals surface area (Å²) in [5.74, 6) is 1.08. The van der Waals surface area contributed by atoms with E-state index in [-0.39, 0.29) is 42.6 Å². The Morgan fingerprint density at radius 2 is 1.81 bits per heavy atom. The highest BCUT2D eigenvalue weighted by atomic mass is 32.2. The number of benzene rings is 2. The standard InChI is InChI=1S/C20H24N4O7S/c1-14(15-4-7-18(29-2)19(12-15)30-3)21-22-17-6-5-16(24(25)26)13-20(17)32(27,28)23-8-10-31-11-9-23/h4-7,12-13,22H,8-11H2,1-3H3/b21-14+. The monoisotopic (exact) mass is 464 g/mol. The molecule has 0 spiro atoms. The van der Waals surface area contributed by atoms with E-state index in [4.69, 9.17) is 14.2 Å². The quantitative estimate of drug-likeness (QED) is 0.358. The lowest BCUT2D eigenvalue weighted by atomic mass is 10.1. The number of nitrogens with one attached hydrogen (secondary N) is 1. The lowest BCUT2D eigenvalue weighted by molar-refractivity contribution is -0.385. The van der Waals surface area contributed by atoms with Gasteiger partial charge in [-0.05, 0) is 31.2 Å². The average Bonchev–Trinajstić information content (AvgIpc) is 2.82. The Kier molecular flexibility index (Phi) is 7.28. The van der Waals surface area contributed by atoms with Crippen molar-refractivity contribution >= 4 is 27.1 Å². The number of ether oxygens (including phenoxy) is 3. The first-order valence-corrected chi connectivity index (χ1v) is 11.1. The van der Waals surface area contributed by atoms with E-state index < -0.39 is 14.9 Å². The van der Waals surface area contributed by atoms with Gasteiger partial charge in [-0.25, -0.2) is 8.42 Å². The number of hydrogen-bond donors (Lipinski definition) is 1. The van der Waals surface area contributed by atoms with Crippen molar-refractivity contribution in [2.75, 3.05) is 45.9 Å². The number of rotatable bonds is 8. The van der Waals surface area contributed by atoms with E-state index in [1.165, 1.54) is 30.7 Å². The molecule has 32 heavy (non-hydrogen) atoms. The summed E-state index contributed by atoms with van der Waals surface area (Å²) in [6.07, 6.45) is 0. The number of non-ortho nitro benzene ring substituents is 1. The summed E-state index contributed by atoms with van der Waals surface area (Å²) >= 11 is 0. The molecule has 0 saturated carbocycles. The number of methoxy groups -OCH3 is 2. The average molecular weight is 465 g/mol. The SMILES string of the molecule is COc1ccc(/C(C)=N/Nc2ccc([N+](=O)[O-])cc2S(=O)(=O)N2CCOCC2)cc1OC. The summed E-state index contributed by atoms with van der Waals surface area (Å²) in [7, 11) is -0.948. The van der Waals surface area contributed by atoms with Gasteiger partial charge in [0, 0.05) is 30.8 Å². The number of nitro benzene ring substituents is 1. The van der Waals surface area contributed by atoms with E-state index in [1.807, 2.05) is 0 Å². The third kappa shape index (κ3) is 4.98. The summed E-state index contributed by atoms with van der Waals surface area (Å²) in [4.78, 5) is 10.4. The minimum atomic E-state index is -4.00. The maximum absolute atomic E-state index is 13.2. The molecule has 0 aliphatic carbocycles. The fourth-order valence-electron chi connectivity index (χ4n) is 3.13. The van der Waals surface area contributed by atoms with Crippen LogP contribution in [0.1, 0.15) is 12.5 Å². The maximum Gasteiger partial charge on any atom is 0.270 e. The first-order chi connectivity index (χ1) is 15.3. The molecule has 0 aromatic heterocycles. The summed E-state index contributed by atoms with van der Waals surface area (Å²) in [5.41, 5.74) is 3.80. The molecule has 11 nitrogen and oxygen atoms in total. The van der Waals surface area contributed by atoms with Crippen molar-refractivity contribution in [2.45, 2.75) is 11.8 Å². The Morgan fingerprint density at radius 3 is 2.44 bits per heavy atom. The van der Waals surface area contributed by atoms with Crippen LogP contribution in [0.2, 0.25) is 0 Å². The van der Waals surface area contributed by atoms with Crippen LogP contribution < -0.4 is 14.9 Å². The lowest BCUT2D eigenvalue weighted by Gasteiger charge is -2.26. The van der Waals surface area contributed by atoms with Crippen molar-refractivity contribution in [2.24, 2.45) is 5.10 Å². The molecule has 12 heteroatoms. The Bertz CT molecular complexity index is 1130. The van der Waals surface area contributed by atoms with Gasteiger partial charge in [0.05, 0.1) is 43.8 Å². The van der Waals surface area contributed by atoms with Gasteiger partial charge in [0.1, 0.15) is 4.90 Å². The lowest BCUT2D eigenvalue weighted by Crippen LogP contribution is -2.40. The van der Waals surface area contributed by atoms with E-state index in [2.05, 4.69) is 10.5 Å². The smallest absolute Gasteiger partial charge is 0.270 e. The van der Waals surface area contributed by atoms with Crippen LogP contribution in [0.4, 0.5) is 11.4 Å². The molecule has 172 valence electrons. The molecular weight excluding hydrogens is 440 g/mol. The summed E-state index contributed by atoms with van der Waals surface area (Å²) < 4.78 is 43.3. The number of morpholine rings is 1. The Labute approximate surface area is 185 Å². The highest BCUT2D eigenvalue weighted by Crippen LogP contribution is 2.30. The van der Waals surface area contributed by atoms with Crippen molar-refractivity contribution in [3.63, 3.8) is 0 Å². The molecule has 0 radical (unpaired) electrons. The predicted octanol–water partition coefficient (Wildman–Crippen LogP) is 2.47. The molecule has 0 bridgehead atoms. The predicted molar refractivity (Wildman–Crippen MR) is 118 cm³/mol. The van der Waals surface area contributed by atoms with E-state index in [0.29, 0.717) is 17.2 Å². The molecule has 1 aliphatic rings. The van der Waals surface area contributed by atoms with Gasteiger partial charge in [-0.1, -0.05) is 0 Å². The third-order valence-corrected chi connectivity index (χ3v) is 6.85. The molecule has 2 aromatic carbocycles. The van der Waals surface area contributed by atoms with E-state index in [9.17, 15) is 18.5 Å². The normalized spacial score (nSPS) is 15.3. The van der Waals surface area contributed by atoms with Gasteiger partial charge >= 0.3 is 0 Å². The summed E-state index contributed by atoms with van der Waals surface area (Å²) in [6, 6.07) is 8.84. The fraction of sp³-hybridized carbons (Fsp3) is 0.350. The molecule has 1 saturated heterocycles. The minimum Gasteiger partial charge on any atom is -0.493 e. The minimum absolute atomic E-state index is 0.127. The molecule has 1 N–H and O–H groups in total. The Balaban J connectivity index is 1.96. The van der Waals surface area contributed by atoms with Crippen LogP contribution in [-0.2, 0) is 14.8 Å². The molecule has 0 unspecified atom stereocenters. The van der Waals surface area contributed by atoms with Crippen molar-refractivity contribution < 1.29 is 27.6 Å². The summed E-state index contributed by atoms with van der Waals surface area (Å²) in [5, 5.41) is 15.5. The Morgan fingerprint density at radius 1 is 1.12 bits per heavy atom. The number of nitro groups is 1. The number of sulfonamides is 1. The van der Waals surface area contributed by atoms with Crippen molar-refractivity contribution in [1.29, 1.82) is 0 Å². The zero-order chi connectivity index (χ0) is 23.3. The van der Waals surface area contributed by atoms with Crippen molar-refractivity contribution in [3.8, 4) is 11.5 Å². The van der Waals surface area contributed by atoms with Crippen molar-refractivity contribution in [1.82, 2.24) is 4.31 Å². The zero-order valence-electron chi connectivity index (χ0n) is 17.9. The number of anilines is 1. The van der Waals surface area contributed by atoms with Gasteiger partial charge in [-0.2, -0.15) is 9.41 Å². The molecule has 3 rings (SSSR count). The second-order valence-electron chi connectivity index (χ2n) is 6.83. The first kappa shape index (κ1) is 23.4. The molecule has 2 aromatic rings. The molecule has 1 heterocycles. The molecule has 0 atom stereocenters. The number of hydrogen-bond acceptors (Lipinski definition) is 9. The van der Waals surface area contributed by atoms with Gasteiger partial charge in [0.25, 0.3) is 5.69 Å². The molecule has 1 fully saturated rings. The van der Waals surface area contributed by atoms with E-state index >= 15 is 0 Å². The Hall–Kier alpha value is -3.22.